The first kappa shape index (κ1) is 20.9. The van der Waals surface area contributed by atoms with Crippen molar-refractivity contribution in [3.63, 3.8) is 0 Å². The first-order valence-corrected chi connectivity index (χ1v) is 6.24. The van der Waals surface area contributed by atoms with Crippen LogP contribution >= 0.6 is 0 Å². The fourth-order valence-corrected chi connectivity index (χ4v) is 0. The molecule has 0 rings (SSSR count). The van der Waals surface area contributed by atoms with Crippen LogP contribution in [0.25, 0.3) is 0 Å². The molecule has 0 saturated carbocycles. The van der Waals surface area contributed by atoms with E-state index in [4.69, 9.17) is 0 Å². The van der Waals surface area contributed by atoms with Gasteiger partial charge in [-0.1, -0.05) is 0 Å². The minimum absolute atomic E-state index is 0. The Bertz CT molecular complexity index is 311. The summed E-state index contributed by atoms with van der Waals surface area (Å²) >= 11 is 0. The van der Waals surface area contributed by atoms with Gasteiger partial charge in [0.1, 0.15) is 20.2 Å². The zero-order valence-corrected chi connectivity index (χ0v) is 11.3. The van der Waals surface area contributed by atoms with Gasteiger partial charge in [0.25, 0.3) is 0 Å². The van der Waals surface area contributed by atoms with Crippen molar-refractivity contribution in [2.75, 3.05) is 0 Å². The van der Waals surface area contributed by atoms with E-state index in [1.165, 1.54) is 0 Å². The van der Waals surface area contributed by atoms with Crippen LogP contribution in [0.5, 0.6) is 0 Å². The van der Waals surface area contributed by atoms with Crippen molar-refractivity contribution < 1.29 is 25.9 Å². The van der Waals surface area contributed by atoms with Crippen LogP contribution < -0.4 is 11.5 Å². The summed E-state index contributed by atoms with van der Waals surface area (Å²) < 4.78 is 57.9. The predicted molar refractivity (Wildman–Crippen MR) is 52.4 cm³/mol. The van der Waals surface area contributed by atoms with E-state index in [2.05, 4.69) is 11.5 Å². The average molecular weight is 273 g/mol. The fourth-order valence-electron chi connectivity index (χ4n) is 0. The van der Waals surface area contributed by atoms with Crippen molar-refractivity contribution in [3.8, 4) is 0 Å². The van der Waals surface area contributed by atoms with Gasteiger partial charge in [0, 0.05) is 0 Å². The maximum atomic E-state index is 9.65. The second-order valence-electron chi connectivity index (χ2n) is 2.40. The van der Waals surface area contributed by atoms with Crippen molar-refractivity contribution in [3.05, 3.63) is 0 Å². The predicted octanol–water partition coefficient (Wildman–Crippen LogP) is -2.71. The van der Waals surface area contributed by atoms with Crippen molar-refractivity contribution >= 4 is 43.3 Å². The summed E-state index contributed by atoms with van der Waals surface area (Å²) in [7, 11) is -8.43. The third-order valence-electron chi connectivity index (χ3n) is 0.911. The van der Waals surface area contributed by atoms with Crippen LogP contribution in [0.15, 0.2) is 0 Å². The van der Waals surface area contributed by atoms with Crippen LogP contribution in [-0.2, 0) is 20.2 Å². The van der Waals surface area contributed by atoms with Crippen LogP contribution in [0.1, 0.15) is 13.8 Å². The number of hydrogen-bond acceptors (Lipinski definition) is 8. The second kappa shape index (κ2) is 7.73. The molecule has 88 valence electrons. The van der Waals surface area contributed by atoms with Crippen LogP contribution in [0, 0.1) is 0 Å². The summed E-state index contributed by atoms with van der Waals surface area (Å²) in [5, 5.41) is -2.57. The van der Waals surface area contributed by atoms with Gasteiger partial charge in [0.15, 0.2) is 0 Å². The first-order valence-electron chi connectivity index (χ1n) is 3.29. The Labute approximate surface area is 105 Å². The topological polar surface area (TPSA) is 166 Å². The monoisotopic (exact) mass is 272 g/mol. The zero-order chi connectivity index (χ0) is 12.2. The van der Waals surface area contributed by atoms with Crippen LogP contribution in [0.3, 0.4) is 0 Å². The molecule has 0 heterocycles. The van der Waals surface area contributed by atoms with E-state index in [9.17, 15) is 25.9 Å². The van der Waals surface area contributed by atoms with E-state index in [1.54, 1.807) is 0 Å². The van der Waals surface area contributed by atoms with Gasteiger partial charge in [0.05, 0.1) is 10.7 Å². The molecule has 2 atom stereocenters. The molecule has 15 heavy (non-hydrogen) atoms. The third-order valence-corrected chi connectivity index (χ3v) is 2.73. The van der Waals surface area contributed by atoms with E-state index in [0.717, 1.165) is 13.8 Å². The smallest absolute Gasteiger partial charge is 0.747 e. The van der Waals surface area contributed by atoms with Gasteiger partial charge in [-0.05, 0) is 13.8 Å². The Morgan fingerprint density at radius 2 is 0.933 bits per heavy atom. The molecule has 0 saturated heterocycles. The Hall–Kier alpha value is 0.506. The summed E-state index contributed by atoms with van der Waals surface area (Å²) in [5.74, 6) is 0. The molecule has 2 unspecified atom stereocenters. The zero-order valence-electron chi connectivity index (χ0n) is 8.28. The van der Waals surface area contributed by atoms with Gasteiger partial charge in [-0.3, -0.25) is 0 Å². The summed E-state index contributed by atoms with van der Waals surface area (Å²) in [6.07, 6.45) is 0. The van der Waals surface area contributed by atoms with Gasteiger partial charge in [-0.2, -0.15) is 0 Å². The molecular formula is C4H12MgN2O6S2. The largest absolute Gasteiger partial charge is 2.00 e. The Morgan fingerprint density at radius 3 is 0.933 bits per heavy atom. The van der Waals surface area contributed by atoms with E-state index < -0.39 is 31.0 Å². The summed E-state index contributed by atoms with van der Waals surface area (Å²) in [6.45, 7) is 2.25. The molecule has 8 nitrogen and oxygen atoms in total. The Kier molecular flexibility index (Phi) is 10.7. The van der Waals surface area contributed by atoms with Gasteiger partial charge in [-0.15, -0.1) is 0 Å². The van der Waals surface area contributed by atoms with E-state index >= 15 is 0 Å². The molecule has 0 aliphatic carbocycles. The molecule has 4 N–H and O–H groups in total. The SMILES string of the molecule is CC(N)S(=O)(=O)[O-].CC(N)S(=O)(=O)[O-].[Mg+2]. The maximum absolute atomic E-state index is 9.65. The molecule has 0 fully saturated rings. The Balaban J connectivity index is -0.000000180. The van der Waals surface area contributed by atoms with Crippen LogP contribution in [-0.4, -0.2) is 59.7 Å². The summed E-state index contributed by atoms with van der Waals surface area (Å²) in [4.78, 5) is 0. The second-order valence-corrected chi connectivity index (χ2v) is 5.85. The van der Waals surface area contributed by atoms with Gasteiger partial charge in [0.2, 0.25) is 0 Å². The molecular weight excluding hydrogens is 260 g/mol. The molecule has 0 aromatic rings. The third kappa shape index (κ3) is 14.5. The van der Waals surface area contributed by atoms with E-state index in [1.807, 2.05) is 0 Å². The summed E-state index contributed by atoms with van der Waals surface area (Å²) in [6, 6.07) is 0. The molecule has 0 aromatic carbocycles. The fraction of sp³-hybridized carbons (Fsp3) is 1.00. The quantitative estimate of drug-likeness (QED) is 0.404. The molecule has 0 aliphatic rings. The van der Waals surface area contributed by atoms with Crippen molar-refractivity contribution in [2.45, 2.75) is 24.6 Å². The molecule has 0 spiro atoms. The Morgan fingerprint density at radius 1 is 0.867 bits per heavy atom. The van der Waals surface area contributed by atoms with Crippen LogP contribution in [0.4, 0.5) is 0 Å². The number of rotatable bonds is 2. The summed E-state index contributed by atoms with van der Waals surface area (Å²) in [5.41, 5.74) is 9.34. The van der Waals surface area contributed by atoms with E-state index in [0.29, 0.717) is 0 Å². The van der Waals surface area contributed by atoms with Crippen molar-refractivity contribution in [1.29, 1.82) is 0 Å². The molecule has 0 amide bonds. The minimum atomic E-state index is -4.21. The maximum Gasteiger partial charge on any atom is 2.00 e. The van der Waals surface area contributed by atoms with Crippen molar-refractivity contribution in [1.82, 2.24) is 0 Å². The molecule has 0 aliphatic heterocycles. The number of hydrogen-bond donors (Lipinski definition) is 2. The van der Waals surface area contributed by atoms with Gasteiger partial charge >= 0.3 is 23.1 Å². The standard InChI is InChI=1S/2C2H7NO3S.Mg/c2*1-2(3)7(4,5)6;/h2*2H,3H2,1H3,(H,4,5,6);/q;;+2/p-2. The van der Waals surface area contributed by atoms with Gasteiger partial charge in [-0.25, -0.2) is 16.8 Å². The molecule has 0 aromatic heterocycles. The normalized spacial score (nSPS) is 15.3. The van der Waals surface area contributed by atoms with Crippen molar-refractivity contribution in [2.24, 2.45) is 11.5 Å². The van der Waals surface area contributed by atoms with Gasteiger partial charge < -0.3 is 20.6 Å². The molecule has 0 bridgehead atoms. The molecule has 0 radical (unpaired) electrons. The van der Waals surface area contributed by atoms with E-state index in [-0.39, 0.29) is 23.1 Å². The minimum Gasteiger partial charge on any atom is -0.747 e. The van der Waals surface area contributed by atoms with Crippen LogP contribution in [0.2, 0.25) is 0 Å². The molecule has 11 heteroatoms. The number of nitrogens with two attached hydrogens (primary N) is 2. The average Bonchev–Trinajstić information content (AvgIpc) is 1.83. The first-order chi connectivity index (χ1) is 5.89.